The second kappa shape index (κ2) is 8.58. The molecule has 2 aromatic heterocycles. The maximum Gasteiger partial charge on any atom is 0.319 e. The molecule has 1 N–H and O–H groups in total. The van der Waals surface area contributed by atoms with Crippen LogP contribution < -0.4 is 15.0 Å². The number of piperazine rings is 1. The first kappa shape index (κ1) is 23.1. The van der Waals surface area contributed by atoms with E-state index in [4.69, 9.17) is 19.7 Å². The SMILES string of the molecule is CN1CCC[C@H]1COc1nc(N2C[C@H]3CC[C@@H](C2)N3)c2cnc(-c3cccc4c3C3(CC4)CC3)c(F)c2n1. The van der Waals surface area contributed by atoms with E-state index < -0.39 is 0 Å². The predicted octanol–water partition coefficient (Wildman–Crippen LogP) is 4.22. The highest BCUT2D eigenvalue weighted by Gasteiger charge is 2.50. The van der Waals surface area contributed by atoms with Gasteiger partial charge in [0.05, 0.1) is 5.39 Å². The summed E-state index contributed by atoms with van der Waals surface area (Å²) in [6.45, 7) is 3.30. The molecule has 3 atom stereocenters. The summed E-state index contributed by atoms with van der Waals surface area (Å²) in [7, 11) is 2.13. The fourth-order valence-corrected chi connectivity index (χ4v) is 7.63. The van der Waals surface area contributed by atoms with Crippen molar-refractivity contribution in [2.24, 2.45) is 0 Å². The average molecular weight is 515 g/mol. The van der Waals surface area contributed by atoms with E-state index in [1.54, 1.807) is 6.20 Å². The van der Waals surface area contributed by atoms with Crippen molar-refractivity contribution < 1.29 is 9.13 Å². The summed E-state index contributed by atoms with van der Waals surface area (Å²) < 4.78 is 22.7. The zero-order valence-corrected chi connectivity index (χ0v) is 22.0. The molecule has 7 nitrogen and oxygen atoms in total. The number of rotatable bonds is 5. The number of benzene rings is 1. The third-order valence-corrected chi connectivity index (χ3v) is 9.90. The number of likely N-dealkylation sites (tertiary alicyclic amines) is 1. The van der Waals surface area contributed by atoms with Crippen LogP contribution in [0.5, 0.6) is 6.01 Å². The molecular weight excluding hydrogens is 479 g/mol. The minimum absolute atomic E-state index is 0.230. The van der Waals surface area contributed by atoms with Crippen molar-refractivity contribution in [1.29, 1.82) is 0 Å². The number of nitrogens with zero attached hydrogens (tertiary/aromatic N) is 5. The van der Waals surface area contributed by atoms with Gasteiger partial charge in [-0.2, -0.15) is 9.97 Å². The highest BCUT2D eigenvalue weighted by atomic mass is 19.1. The van der Waals surface area contributed by atoms with E-state index in [9.17, 15) is 0 Å². The summed E-state index contributed by atoms with van der Waals surface area (Å²) in [4.78, 5) is 18.9. The second-order valence-corrected chi connectivity index (χ2v) is 12.3. The first-order valence-corrected chi connectivity index (χ1v) is 14.4. The number of halogens is 1. The molecule has 0 unspecified atom stereocenters. The largest absolute Gasteiger partial charge is 0.462 e. The van der Waals surface area contributed by atoms with Crippen LogP contribution in [-0.4, -0.2) is 71.3 Å². The van der Waals surface area contributed by atoms with E-state index >= 15 is 4.39 Å². The third-order valence-electron chi connectivity index (χ3n) is 9.90. The van der Waals surface area contributed by atoms with Crippen molar-refractivity contribution in [2.45, 2.75) is 74.9 Å². The van der Waals surface area contributed by atoms with E-state index in [2.05, 4.69) is 34.3 Å². The molecule has 1 saturated carbocycles. The topological polar surface area (TPSA) is 66.4 Å². The van der Waals surface area contributed by atoms with Gasteiger partial charge in [-0.1, -0.05) is 18.2 Å². The molecule has 1 aromatic carbocycles. The minimum Gasteiger partial charge on any atom is -0.462 e. The lowest BCUT2D eigenvalue weighted by atomic mass is 9.91. The summed E-state index contributed by atoms with van der Waals surface area (Å²) in [6, 6.07) is 7.79. The van der Waals surface area contributed by atoms with Crippen LogP contribution in [-0.2, 0) is 11.8 Å². The molecule has 38 heavy (non-hydrogen) atoms. The van der Waals surface area contributed by atoms with Crippen LogP contribution in [0.1, 0.15) is 56.1 Å². The lowest BCUT2D eigenvalue weighted by Crippen LogP contribution is -2.51. The minimum atomic E-state index is -0.358. The van der Waals surface area contributed by atoms with E-state index in [1.807, 2.05) is 6.07 Å². The Morgan fingerprint density at radius 2 is 1.95 bits per heavy atom. The standard InChI is InChI=1S/C30H35FN6O/c1-36-13-3-5-21(36)17-38-29-34-27-23(28(35-29)37-15-19-7-8-20(16-37)33-19)14-32-26(25(27)31)22-6-2-4-18-9-10-30(11-12-30)24(18)22/h2,4,6,14,19-21,33H,3,5,7-13,15-17H2,1H3/t19-,20+,21-/m0/s1. The van der Waals surface area contributed by atoms with Crippen molar-refractivity contribution in [1.82, 2.24) is 25.2 Å². The normalized spacial score (nSPS) is 27.4. The van der Waals surface area contributed by atoms with Gasteiger partial charge in [0.1, 0.15) is 23.6 Å². The summed E-state index contributed by atoms with van der Waals surface area (Å²) in [6.07, 6.45) is 11.0. The maximum atomic E-state index is 16.5. The van der Waals surface area contributed by atoms with E-state index in [0.29, 0.717) is 41.3 Å². The van der Waals surface area contributed by atoms with Gasteiger partial charge in [0.2, 0.25) is 0 Å². The summed E-state index contributed by atoms with van der Waals surface area (Å²) in [5.74, 6) is 0.390. The first-order chi connectivity index (χ1) is 18.6. The number of pyridine rings is 1. The molecule has 198 valence electrons. The van der Waals surface area contributed by atoms with Crippen LogP contribution in [0.2, 0.25) is 0 Å². The van der Waals surface area contributed by atoms with Crippen LogP contribution in [0, 0.1) is 5.82 Å². The number of aromatic nitrogens is 3. The summed E-state index contributed by atoms with van der Waals surface area (Å²) in [5.41, 5.74) is 4.57. The number of hydrogen-bond acceptors (Lipinski definition) is 7. The summed E-state index contributed by atoms with van der Waals surface area (Å²) >= 11 is 0. The Kier molecular flexibility index (Phi) is 5.21. The average Bonchev–Trinajstić information content (AvgIpc) is 3.27. The van der Waals surface area contributed by atoms with Gasteiger partial charge in [-0.3, -0.25) is 4.98 Å². The highest BCUT2D eigenvalue weighted by Crippen LogP contribution is 2.59. The Morgan fingerprint density at radius 1 is 1.11 bits per heavy atom. The first-order valence-electron chi connectivity index (χ1n) is 14.4. The van der Waals surface area contributed by atoms with Gasteiger partial charge < -0.3 is 19.9 Å². The van der Waals surface area contributed by atoms with Crippen LogP contribution in [0.25, 0.3) is 22.2 Å². The zero-order chi connectivity index (χ0) is 25.4. The number of anilines is 1. The van der Waals surface area contributed by atoms with Gasteiger partial charge in [0.15, 0.2) is 5.82 Å². The van der Waals surface area contributed by atoms with Crippen molar-refractivity contribution in [2.75, 3.05) is 38.2 Å². The Bertz CT molecular complexity index is 1410. The fraction of sp³-hybridized carbons (Fsp3) is 0.567. The third kappa shape index (κ3) is 3.63. The molecule has 3 saturated heterocycles. The van der Waals surface area contributed by atoms with Crippen LogP contribution >= 0.6 is 0 Å². The van der Waals surface area contributed by atoms with Gasteiger partial charge in [-0.25, -0.2) is 4.39 Å². The zero-order valence-electron chi connectivity index (χ0n) is 22.0. The molecule has 1 spiro atoms. The molecule has 8 rings (SSSR count). The second-order valence-electron chi connectivity index (χ2n) is 12.3. The van der Waals surface area contributed by atoms with Gasteiger partial charge >= 0.3 is 6.01 Å². The van der Waals surface area contributed by atoms with Gasteiger partial charge in [-0.05, 0) is 81.5 Å². The molecule has 5 aliphatic rings. The van der Waals surface area contributed by atoms with E-state index in [1.165, 1.54) is 49.7 Å². The number of ether oxygens (including phenoxy) is 1. The van der Waals surface area contributed by atoms with Crippen LogP contribution in [0.4, 0.5) is 10.2 Å². The monoisotopic (exact) mass is 514 g/mol. The molecule has 8 heteroatoms. The molecule has 3 aliphatic heterocycles. The molecular formula is C30H35FN6O. The number of likely N-dealkylation sites (N-methyl/N-ethyl adjacent to an activating group) is 1. The molecule has 3 aromatic rings. The molecule has 4 fully saturated rings. The highest BCUT2D eigenvalue weighted by molar-refractivity contribution is 5.92. The smallest absolute Gasteiger partial charge is 0.319 e. The van der Waals surface area contributed by atoms with E-state index in [0.717, 1.165) is 43.9 Å². The summed E-state index contributed by atoms with van der Waals surface area (Å²) in [5, 5.41) is 4.36. The number of fused-ring (bicyclic) bond motifs is 5. The molecule has 0 radical (unpaired) electrons. The Balaban J connectivity index is 1.24. The van der Waals surface area contributed by atoms with E-state index in [-0.39, 0.29) is 17.2 Å². The van der Waals surface area contributed by atoms with Crippen molar-refractivity contribution in [3.63, 3.8) is 0 Å². The Hall–Kier alpha value is -2.84. The molecule has 2 bridgehead atoms. The van der Waals surface area contributed by atoms with Crippen LogP contribution in [0.3, 0.4) is 0 Å². The number of aryl methyl sites for hydroxylation is 1. The molecule has 2 aliphatic carbocycles. The quantitative estimate of drug-likeness (QED) is 0.547. The lowest BCUT2D eigenvalue weighted by Gasteiger charge is -2.34. The van der Waals surface area contributed by atoms with Gasteiger partial charge in [-0.15, -0.1) is 0 Å². The van der Waals surface area contributed by atoms with Crippen molar-refractivity contribution in [3.05, 3.63) is 41.3 Å². The van der Waals surface area contributed by atoms with Gasteiger partial charge in [0, 0.05) is 43.0 Å². The maximum absolute atomic E-state index is 16.5. The molecule has 0 amide bonds. The Morgan fingerprint density at radius 3 is 2.71 bits per heavy atom. The number of nitrogens with one attached hydrogen (secondary N) is 1. The van der Waals surface area contributed by atoms with Gasteiger partial charge in [0.25, 0.3) is 0 Å². The fourth-order valence-electron chi connectivity index (χ4n) is 7.63. The van der Waals surface area contributed by atoms with Crippen LogP contribution in [0.15, 0.2) is 24.4 Å². The lowest BCUT2D eigenvalue weighted by molar-refractivity contribution is 0.188. The Labute approximate surface area is 222 Å². The number of hydrogen-bond donors (Lipinski definition) is 1. The van der Waals surface area contributed by atoms with Crippen molar-refractivity contribution >= 4 is 16.7 Å². The van der Waals surface area contributed by atoms with Crippen molar-refractivity contribution in [3.8, 4) is 17.3 Å². The molecule has 5 heterocycles. The predicted molar refractivity (Wildman–Crippen MR) is 145 cm³/mol.